The molecule has 0 saturated carbocycles. The van der Waals surface area contributed by atoms with E-state index in [1.807, 2.05) is 31.2 Å². The molecule has 0 fully saturated rings. The molecule has 0 spiro atoms. The van der Waals surface area contributed by atoms with E-state index in [1.54, 1.807) is 48.5 Å². The molecule has 0 unspecified atom stereocenters. The summed E-state index contributed by atoms with van der Waals surface area (Å²) in [6.07, 6.45) is 3.17. The number of carbonyl (C=O) groups excluding carboxylic acids is 3. The van der Waals surface area contributed by atoms with Crippen molar-refractivity contribution >= 4 is 35.2 Å². The number of amides is 2. The SMILES string of the molecule is CC(=O)Oc1cccc(C(=O)Nc2ccccc2NC(=O)/C=C/c2cccc(C)c2)c1. The Morgan fingerprint density at radius 3 is 2.26 bits per heavy atom. The number of benzene rings is 3. The topological polar surface area (TPSA) is 84.5 Å². The summed E-state index contributed by atoms with van der Waals surface area (Å²) in [4.78, 5) is 36.1. The molecule has 3 aromatic rings. The van der Waals surface area contributed by atoms with Crippen LogP contribution in [0.2, 0.25) is 0 Å². The molecule has 0 heterocycles. The Morgan fingerprint density at radius 1 is 0.839 bits per heavy atom. The van der Waals surface area contributed by atoms with Gasteiger partial charge in [0.2, 0.25) is 5.91 Å². The molecule has 0 aliphatic rings. The summed E-state index contributed by atoms with van der Waals surface area (Å²) in [5.41, 5.74) is 3.26. The maximum atomic E-state index is 12.7. The summed E-state index contributed by atoms with van der Waals surface area (Å²) in [5, 5.41) is 5.56. The molecule has 3 rings (SSSR count). The monoisotopic (exact) mass is 414 g/mol. The molecule has 0 radical (unpaired) electrons. The number of ether oxygens (including phenoxy) is 1. The van der Waals surface area contributed by atoms with Crippen LogP contribution in [0.4, 0.5) is 11.4 Å². The Hall–Kier alpha value is -4.19. The quantitative estimate of drug-likeness (QED) is 0.344. The summed E-state index contributed by atoms with van der Waals surface area (Å²) in [6.45, 7) is 3.28. The van der Waals surface area contributed by atoms with Gasteiger partial charge < -0.3 is 15.4 Å². The lowest BCUT2D eigenvalue weighted by Gasteiger charge is -2.12. The third-order valence-electron chi connectivity index (χ3n) is 4.26. The van der Waals surface area contributed by atoms with E-state index in [4.69, 9.17) is 4.74 Å². The van der Waals surface area contributed by atoms with Crippen molar-refractivity contribution in [1.29, 1.82) is 0 Å². The number of aryl methyl sites for hydroxylation is 1. The highest BCUT2D eigenvalue weighted by Crippen LogP contribution is 2.23. The van der Waals surface area contributed by atoms with Gasteiger partial charge >= 0.3 is 5.97 Å². The Balaban J connectivity index is 1.71. The first kappa shape index (κ1) is 21.5. The third kappa shape index (κ3) is 6.40. The molecular weight excluding hydrogens is 392 g/mol. The van der Waals surface area contributed by atoms with Crippen molar-refractivity contribution in [3.05, 3.63) is 95.6 Å². The standard InChI is InChI=1S/C25H22N2O4/c1-17-7-5-8-19(15-17)13-14-24(29)26-22-11-3-4-12-23(22)27-25(30)20-9-6-10-21(16-20)31-18(2)28/h3-16H,1-2H3,(H,26,29)(H,27,30)/b14-13+. The first-order chi connectivity index (χ1) is 14.9. The second-order valence-corrected chi connectivity index (χ2v) is 6.86. The van der Waals surface area contributed by atoms with Crippen molar-refractivity contribution in [2.45, 2.75) is 13.8 Å². The molecular formula is C25H22N2O4. The predicted molar refractivity (Wildman–Crippen MR) is 121 cm³/mol. The molecule has 0 bridgehead atoms. The van der Waals surface area contributed by atoms with Gasteiger partial charge in [0, 0.05) is 18.6 Å². The molecule has 0 aliphatic heterocycles. The average molecular weight is 414 g/mol. The Labute approximate surface area is 180 Å². The lowest BCUT2D eigenvalue weighted by atomic mass is 10.1. The van der Waals surface area contributed by atoms with Crippen molar-refractivity contribution in [2.75, 3.05) is 10.6 Å². The predicted octanol–water partition coefficient (Wildman–Crippen LogP) is 4.82. The van der Waals surface area contributed by atoms with Gasteiger partial charge in [-0.05, 0) is 48.9 Å². The zero-order valence-corrected chi connectivity index (χ0v) is 17.2. The van der Waals surface area contributed by atoms with Crippen LogP contribution in [0.1, 0.15) is 28.4 Å². The van der Waals surface area contributed by atoms with Gasteiger partial charge in [0.1, 0.15) is 5.75 Å². The van der Waals surface area contributed by atoms with Gasteiger partial charge in [0.05, 0.1) is 11.4 Å². The minimum atomic E-state index is -0.468. The van der Waals surface area contributed by atoms with E-state index in [0.717, 1.165) is 11.1 Å². The molecule has 2 N–H and O–H groups in total. The maximum absolute atomic E-state index is 12.7. The first-order valence-corrected chi connectivity index (χ1v) is 9.65. The van der Waals surface area contributed by atoms with E-state index in [1.165, 1.54) is 19.1 Å². The fourth-order valence-corrected chi connectivity index (χ4v) is 2.88. The minimum absolute atomic E-state index is 0.281. The van der Waals surface area contributed by atoms with E-state index < -0.39 is 11.9 Å². The van der Waals surface area contributed by atoms with Crippen molar-refractivity contribution in [2.24, 2.45) is 0 Å². The second kappa shape index (κ2) is 10.0. The lowest BCUT2D eigenvalue weighted by Crippen LogP contribution is -2.15. The summed E-state index contributed by atoms with van der Waals surface area (Å²) in [6, 6.07) is 21.0. The summed E-state index contributed by atoms with van der Waals surface area (Å²) in [5.74, 6) is -0.904. The van der Waals surface area contributed by atoms with Gasteiger partial charge in [-0.3, -0.25) is 14.4 Å². The number of anilines is 2. The number of nitrogens with one attached hydrogen (secondary N) is 2. The van der Waals surface area contributed by atoms with Crippen LogP contribution < -0.4 is 15.4 Å². The molecule has 6 heteroatoms. The normalized spacial score (nSPS) is 10.5. The van der Waals surface area contributed by atoms with Crippen LogP contribution in [0.15, 0.2) is 78.9 Å². The van der Waals surface area contributed by atoms with Crippen LogP contribution in [0, 0.1) is 6.92 Å². The zero-order chi connectivity index (χ0) is 22.2. The summed E-state index contributed by atoms with van der Waals surface area (Å²) < 4.78 is 5.02. The van der Waals surface area contributed by atoms with Crippen LogP contribution in [-0.2, 0) is 9.59 Å². The number of hydrogen-bond donors (Lipinski definition) is 2. The molecule has 0 aromatic heterocycles. The number of carbonyl (C=O) groups is 3. The second-order valence-electron chi connectivity index (χ2n) is 6.86. The van der Waals surface area contributed by atoms with Crippen LogP contribution >= 0.6 is 0 Å². The Morgan fingerprint density at radius 2 is 1.55 bits per heavy atom. The van der Waals surface area contributed by atoms with Crippen LogP contribution in [0.3, 0.4) is 0 Å². The van der Waals surface area contributed by atoms with Crippen molar-refractivity contribution in [3.63, 3.8) is 0 Å². The molecule has 3 aromatic carbocycles. The molecule has 0 atom stereocenters. The number of esters is 1. The van der Waals surface area contributed by atoms with Gasteiger partial charge in [-0.2, -0.15) is 0 Å². The van der Waals surface area contributed by atoms with Crippen LogP contribution in [0.25, 0.3) is 6.08 Å². The smallest absolute Gasteiger partial charge is 0.308 e. The van der Waals surface area contributed by atoms with E-state index in [2.05, 4.69) is 10.6 Å². The molecule has 31 heavy (non-hydrogen) atoms. The van der Waals surface area contributed by atoms with E-state index in [0.29, 0.717) is 16.9 Å². The zero-order valence-electron chi connectivity index (χ0n) is 17.2. The molecule has 0 aliphatic carbocycles. The molecule has 156 valence electrons. The van der Waals surface area contributed by atoms with Crippen LogP contribution in [-0.4, -0.2) is 17.8 Å². The highest BCUT2D eigenvalue weighted by Gasteiger charge is 2.11. The van der Waals surface area contributed by atoms with Crippen LogP contribution in [0.5, 0.6) is 5.75 Å². The molecule has 0 saturated heterocycles. The summed E-state index contributed by atoms with van der Waals surface area (Å²) >= 11 is 0. The minimum Gasteiger partial charge on any atom is -0.427 e. The number of para-hydroxylation sites is 2. The molecule has 6 nitrogen and oxygen atoms in total. The average Bonchev–Trinajstić information content (AvgIpc) is 2.73. The van der Waals surface area contributed by atoms with E-state index in [-0.39, 0.29) is 11.7 Å². The Kier molecular flexibility index (Phi) is 6.96. The van der Waals surface area contributed by atoms with Gasteiger partial charge in [0.25, 0.3) is 5.91 Å². The van der Waals surface area contributed by atoms with Crippen molar-refractivity contribution in [3.8, 4) is 5.75 Å². The van der Waals surface area contributed by atoms with Gasteiger partial charge in [-0.25, -0.2) is 0 Å². The lowest BCUT2D eigenvalue weighted by molar-refractivity contribution is -0.131. The van der Waals surface area contributed by atoms with Crippen molar-refractivity contribution in [1.82, 2.24) is 0 Å². The fourth-order valence-electron chi connectivity index (χ4n) is 2.88. The largest absolute Gasteiger partial charge is 0.427 e. The van der Waals surface area contributed by atoms with Gasteiger partial charge in [-0.1, -0.05) is 48.0 Å². The highest BCUT2D eigenvalue weighted by molar-refractivity contribution is 6.09. The van der Waals surface area contributed by atoms with E-state index in [9.17, 15) is 14.4 Å². The van der Waals surface area contributed by atoms with E-state index >= 15 is 0 Å². The Bertz CT molecular complexity index is 1150. The van der Waals surface area contributed by atoms with Crippen molar-refractivity contribution < 1.29 is 19.1 Å². The van der Waals surface area contributed by atoms with Gasteiger partial charge in [-0.15, -0.1) is 0 Å². The first-order valence-electron chi connectivity index (χ1n) is 9.65. The van der Waals surface area contributed by atoms with Gasteiger partial charge in [0.15, 0.2) is 0 Å². The third-order valence-corrected chi connectivity index (χ3v) is 4.26. The summed E-state index contributed by atoms with van der Waals surface area (Å²) in [7, 11) is 0. The number of hydrogen-bond acceptors (Lipinski definition) is 4. The molecule has 2 amide bonds. The highest BCUT2D eigenvalue weighted by atomic mass is 16.5. The maximum Gasteiger partial charge on any atom is 0.308 e. The fraction of sp³-hybridized carbons (Fsp3) is 0.0800. The number of rotatable bonds is 6.